The molecule has 1 heterocycles. The molecule has 8 nitrogen and oxygen atoms in total. The number of sulfonamides is 1. The largest absolute Gasteiger partial charge is 0.439 e. The molecule has 0 aliphatic heterocycles. The third kappa shape index (κ3) is 4.09. The van der Waals surface area contributed by atoms with E-state index in [1.54, 1.807) is 48.5 Å². The zero-order valence-electron chi connectivity index (χ0n) is 15.1. The maximum Gasteiger partial charge on any atom is 0.287 e. The minimum absolute atomic E-state index is 0.134. The van der Waals surface area contributed by atoms with Crippen molar-refractivity contribution in [3.8, 4) is 11.6 Å². The first-order valence-corrected chi connectivity index (χ1v) is 9.65. The highest BCUT2D eigenvalue weighted by atomic mass is 32.2. The molecule has 0 unspecified atom stereocenters. The Kier molecular flexibility index (Phi) is 5.27. The summed E-state index contributed by atoms with van der Waals surface area (Å²) in [7, 11) is -2.20. The lowest BCUT2D eigenvalue weighted by atomic mass is 10.2. The summed E-state index contributed by atoms with van der Waals surface area (Å²) in [4.78, 5) is 14.2. The average Bonchev–Trinajstić information content (AvgIpc) is 2.69. The normalized spacial score (nSPS) is 11.1. The molecular weight excluding hydrogens is 382 g/mol. The first kappa shape index (κ1) is 19.3. The Labute approximate surface area is 162 Å². The molecule has 0 saturated carbocycles. The minimum atomic E-state index is -3.68. The van der Waals surface area contributed by atoms with Gasteiger partial charge in [-0.2, -0.15) is 0 Å². The van der Waals surface area contributed by atoms with Crippen LogP contribution in [0.25, 0.3) is 0 Å². The lowest BCUT2D eigenvalue weighted by Crippen LogP contribution is -2.26. The van der Waals surface area contributed by atoms with Gasteiger partial charge in [0.2, 0.25) is 5.88 Å². The molecule has 2 aromatic carbocycles. The number of pyridine rings is 1. The van der Waals surface area contributed by atoms with Crippen LogP contribution in [0.2, 0.25) is 0 Å². The molecule has 0 radical (unpaired) electrons. The summed E-state index contributed by atoms with van der Waals surface area (Å²) in [5.74, 6) is 0.616. The van der Waals surface area contributed by atoms with Gasteiger partial charge in [0.15, 0.2) is 0 Å². The molecular formula is C19H17N3O5S. The van der Waals surface area contributed by atoms with Crippen molar-refractivity contribution in [2.24, 2.45) is 0 Å². The Morgan fingerprint density at radius 2 is 1.64 bits per heavy atom. The maximum absolute atomic E-state index is 12.7. The lowest BCUT2D eigenvalue weighted by Gasteiger charge is -2.20. The van der Waals surface area contributed by atoms with Crippen molar-refractivity contribution in [1.29, 1.82) is 0 Å². The molecule has 0 saturated heterocycles. The number of nitrogens with zero attached hydrogens (tertiary/aromatic N) is 3. The Morgan fingerprint density at radius 3 is 2.18 bits per heavy atom. The Hall–Kier alpha value is -3.46. The minimum Gasteiger partial charge on any atom is -0.439 e. The van der Waals surface area contributed by atoms with E-state index < -0.39 is 14.9 Å². The first-order valence-electron chi connectivity index (χ1n) is 8.21. The predicted molar refractivity (Wildman–Crippen MR) is 104 cm³/mol. The van der Waals surface area contributed by atoms with Crippen LogP contribution in [0.1, 0.15) is 5.56 Å². The van der Waals surface area contributed by atoms with Crippen molar-refractivity contribution in [2.75, 3.05) is 11.4 Å². The zero-order valence-corrected chi connectivity index (χ0v) is 16.0. The number of hydrogen-bond acceptors (Lipinski definition) is 6. The van der Waals surface area contributed by atoms with E-state index in [-0.39, 0.29) is 16.5 Å². The number of benzene rings is 2. The van der Waals surface area contributed by atoms with E-state index in [2.05, 4.69) is 4.98 Å². The van der Waals surface area contributed by atoms with E-state index in [0.717, 1.165) is 11.8 Å². The van der Waals surface area contributed by atoms with Crippen LogP contribution in [0.3, 0.4) is 0 Å². The third-order valence-electron chi connectivity index (χ3n) is 4.03. The molecule has 0 aliphatic carbocycles. The van der Waals surface area contributed by atoms with Gasteiger partial charge in [0, 0.05) is 19.2 Å². The van der Waals surface area contributed by atoms with E-state index in [9.17, 15) is 18.5 Å². The number of aromatic nitrogens is 1. The summed E-state index contributed by atoms with van der Waals surface area (Å²) in [5, 5.41) is 10.6. The summed E-state index contributed by atoms with van der Waals surface area (Å²) < 4.78 is 32.2. The fraction of sp³-hybridized carbons (Fsp3) is 0.105. The zero-order chi connectivity index (χ0) is 20.3. The van der Waals surface area contributed by atoms with Crippen LogP contribution >= 0.6 is 0 Å². The van der Waals surface area contributed by atoms with Gasteiger partial charge >= 0.3 is 0 Å². The lowest BCUT2D eigenvalue weighted by molar-refractivity contribution is -0.385. The van der Waals surface area contributed by atoms with Gasteiger partial charge in [-0.1, -0.05) is 17.7 Å². The molecule has 0 atom stereocenters. The van der Waals surface area contributed by atoms with Gasteiger partial charge in [-0.15, -0.1) is 0 Å². The standard InChI is InChI=1S/C19H17N3O5S/c1-14-3-10-18(11-4-14)28(25,26)21(2)15-5-8-17(9-6-15)27-19-12-7-16(13-20-19)22(23)24/h3-13H,1-2H3. The molecule has 0 N–H and O–H groups in total. The van der Waals surface area contributed by atoms with Gasteiger partial charge in [0.1, 0.15) is 11.9 Å². The molecule has 3 aromatic rings. The SMILES string of the molecule is Cc1ccc(S(=O)(=O)N(C)c2ccc(Oc3ccc([N+](=O)[O-])cn3)cc2)cc1. The third-order valence-corrected chi connectivity index (χ3v) is 5.83. The van der Waals surface area contributed by atoms with Crippen molar-refractivity contribution >= 4 is 21.4 Å². The van der Waals surface area contributed by atoms with E-state index in [1.165, 1.54) is 23.5 Å². The maximum atomic E-state index is 12.7. The summed E-state index contributed by atoms with van der Waals surface area (Å²) in [5.41, 5.74) is 1.30. The van der Waals surface area contributed by atoms with E-state index in [0.29, 0.717) is 11.4 Å². The summed E-state index contributed by atoms with van der Waals surface area (Å²) in [6.07, 6.45) is 1.10. The van der Waals surface area contributed by atoms with Crippen LogP contribution in [0.15, 0.2) is 71.8 Å². The first-order chi connectivity index (χ1) is 13.3. The molecule has 0 fully saturated rings. The highest BCUT2D eigenvalue weighted by molar-refractivity contribution is 7.92. The molecule has 9 heteroatoms. The van der Waals surface area contributed by atoms with Crippen LogP contribution in [-0.4, -0.2) is 25.4 Å². The fourth-order valence-electron chi connectivity index (χ4n) is 2.39. The number of nitro groups is 1. The summed E-state index contributed by atoms with van der Waals surface area (Å²) >= 11 is 0. The van der Waals surface area contributed by atoms with Crippen molar-refractivity contribution in [1.82, 2.24) is 4.98 Å². The predicted octanol–water partition coefficient (Wildman–Crippen LogP) is 3.92. The average molecular weight is 399 g/mol. The van der Waals surface area contributed by atoms with E-state index >= 15 is 0 Å². The van der Waals surface area contributed by atoms with Crippen LogP contribution in [0.4, 0.5) is 11.4 Å². The van der Waals surface area contributed by atoms with Gasteiger partial charge < -0.3 is 4.74 Å². The molecule has 0 amide bonds. The molecule has 144 valence electrons. The molecule has 3 rings (SSSR count). The molecule has 28 heavy (non-hydrogen) atoms. The fourth-order valence-corrected chi connectivity index (χ4v) is 3.59. The second-order valence-electron chi connectivity index (χ2n) is 5.99. The molecule has 0 bridgehead atoms. The van der Waals surface area contributed by atoms with Crippen LogP contribution in [0, 0.1) is 17.0 Å². The Morgan fingerprint density at radius 1 is 1.00 bits per heavy atom. The highest BCUT2D eigenvalue weighted by Crippen LogP contribution is 2.27. The van der Waals surface area contributed by atoms with Crippen LogP contribution < -0.4 is 9.04 Å². The highest BCUT2D eigenvalue weighted by Gasteiger charge is 2.21. The van der Waals surface area contributed by atoms with Gasteiger partial charge in [0.25, 0.3) is 15.7 Å². The Balaban J connectivity index is 1.76. The van der Waals surface area contributed by atoms with Crippen molar-refractivity contribution < 1.29 is 18.1 Å². The number of aryl methyl sites for hydroxylation is 1. The number of rotatable bonds is 6. The second kappa shape index (κ2) is 7.65. The number of anilines is 1. The molecule has 1 aromatic heterocycles. The monoisotopic (exact) mass is 399 g/mol. The van der Waals surface area contributed by atoms with Gasteiger partial charge in [-0.05, 0) is 43.3 Å². The van der Waals surface area contributed by atoms with Crippen LogP contribution in [0.5, 0.6) is 11.6 Å². The molecule has 0 spiro atoms. The molecule has 0 aliphatic rings. The smallest absolute Gasteiger partial charge is 0.287 e. The van der Waals surface area contributed by atoms with Crippen molar-refractivity contribution in [2.45, 2.75) is 11.8 Å². The summed E-state index contributed by atoms with van der Waals surface area (Å²) in [6, 6.07) is 15.7. The van der Waals surface area contributed by atoms with E-state index in [4.69, 9.17) is 4.74 Å². The van der Waals surface area contributed by atoms with E-state index in [1.807, 2.05) is 6.92 Å². The number of ether oxygens (including phenoxy) is 1. The topological polar surface area (TPSA) is 103 Å². The van der Waals surface area contributed by atoms with Crippen molar-refractivity contribution in [3.63, 3.8) is 0 Å². The van der Waals surface area contributed by atoms with Gasteiger partial charge in [-0.25, -0.2) is 13.4 Å². The second-order valence-corrected chi connectivity index (χ2v) is 7.96. The number of hydrogen-bond donors (Lipinski definition) is 0. The van der Waals surface area contributed by atoms with Gasteiger partial charge in [-0.3, -0.25) is 14.4 Å². The Bertz CT molecular complexity index is 1080. The van der Waals surface area contributed by atoms with Crippen molar-refractivity contribution in [3.05, 3.63) is 82.5 Å². The van der Waals surface area contributed by atoms with Gasteiger partial charge in [0.05, 0.1) is 15.5 Å². The van der Waals surface area contributed by atoms with Crippen LogP contribution in [-0.2, 0) is 10.0 Å². The quantitative estimate of drug-likeness (QED) is 0.460. The summed E-state index contributed by atoms with van der Waals surface area (Å²) in [6.45, 7) is 1.89.